The Labute approximate surface area is 78.3 Å². The molecule has 0 aliphatic heterocycles. The van der Waals surface area contributed by atoms with E-state index in [1.807, 2.05) is 0 Å². The summed E-state index contributed by atoms with van der Waals surface area (Å²) < 4.78 is 24.0. The largest absolute Gasteiger partial charge is 0.272 e. The SMILES string of the molecule is CCS(=O)(=O)N(C)c1cccnc1. The summed E-state index contributed by atoms with van der Waals surface area (Å²) in [6.45, 7) is 1.61. The van der Waals surface area contributed by atoms with Gasteiger partial charge < -0.3 is 0 Å². The fraction of sp³-hybridized carbons (Fsp3) is 0.375. The molecule has 13 heavy (non-hydrogen) atoms. The van der Waals surface area contributed by atoms with E-state index in [9.17, 15) is 8.42 Å². The van der Waals surface area contributed by atoms with Gasteiger partial charge in [0.1, 0.15) is 0 Å². The summed E-state index contributed by atoms with van der Waals surface area (Å²) in [5.74, 6) is 0.0956. The van der Waals surface area contributed by atoms with E-state index in [2.05, 4.69) is 4.98 Å². The maximum Gasteiger partial charge on any atom is 0.234 e. The van der Waals surface area contributed by atoms with E-state index in [1.165, 1.54) is 17.5 Å². The molecule has 0 amide bonds. The summed E-state index contributed by atoms with van der Waals surface area (Å²) in [6, 6.07) is 3.41. The quantitative estimate of drug-likeness (QED) is 0.727. The number of sulfonamides is 1. The van der Waals surface area contributed by atoms with Gasteiger partial charge in [0, 0.05) is 13.2 Å². The van der Waals surface area contributed by atoms with Crippen molar-refractivity contribution in [2.75, 3.05) is 17.1 Å². The lowest BCUT2D eigenvalue weighted by Gasteiger charge is -2.17. The maximum atomic E-state index is 11.4. The Morgan fingerprint density at radius 2 is 2.23 bits per heavy atom. The van der Waals surface area contributed by atoms with Gasteiger partial charge in [-0.15, -0.1) is 0 Å². The van der Waals surface area contributed by atoms with Crippen LogP contribution >= 0.6 is 0 Å². The molecule has 1 aromatic heterocycles. The van der Waals surface area contributed by atoms with Gasteiger partial charge in [-0.2, -0.15) is 0 Å². The summed E-state index contributed by atoms with van der Waals surface area (Å²) in [7, 11) is -1.63. The van der Waals surface area contributed by atoms with E-state index >= 15 is 0 Å². The first-order valence-electron chi connectivity index (χ1n) is 3.94. The molecule has 0 atom stereocenters. The number of nitrogens with zero attached hydrogens (tertiary/aromatic N) is 2. The summed E-state index contributed by atoms with van der Waals surface area (Å²) in [6.07, 6.45) is 3.13. The van der Waals surface area contributed by atoms with Crippen LogP contribution in [-0.4, -0.2) is 26.2 Å². The molecule has 0 unspecified atom stereocenters. The Balaban J connectivity index is 2.99. The zero-order chi connectivity index (χ0) is 9.90. The minimum Gasteiger partial charge on any atom is -0.272 e. The van der Waals surface area contributed by atoms with Gasteiger partial charge in [0.15, 0.2) is 0 Å². The number of hydrogen-bond donors (Lipinski definition) is 0. The molecule has 0 aliphatic carbocycles. The average molecular weight is 200 g/mol. The number of anilines is 1. The van der Waals surface area contributed by atoms with Gasteiger partial charge in [-0.1, -0.05) is 0 Å². The maximum absolute atomic E-state index is 11.4. The first-order valence-corrected chi connectivity index (χ1v) is 5.55. The monoisotopic (exact) mass is 200 g/mol. The van der Waals surface area contributed by atoms with E-state index in [4.69, 9.17) is 0 Å². The Bertz CT molecular complexity index is 361. The van der Waals surface area contributed by atoms with E-state index in [0.717, 1.165) is 0 Å². The van der Waals surface area contributed by atoms with Crippen molar-refractivity contribution < 1.29 is 8.42 Å². The van der Waals surface area contributed by atoms with Crippen molar-refractivity contribution in [3.05, 3.63) is 24.5 Å². The van der Waals surface area contributed by atoms with E-state index in [1.54, 1.807) is 25.3 Å². The van der Waals surface area contributed by atoms with Crippen LogP contribution in [0.15, 0.2) is 24.5 Å². The molecule has 0 saturated heterocycles. The zero-order valence-electron chi connectivity index (χ0n) is 7.64. The predicted octanol–water partition coefficient (Wildman–Crippen LogP) is 0.868. The van der Waals surface area contributed by atoms with Crippen molar-refractivity contribution in [2.24, 2.45) is 0 Å². The third-order valence-electron chi connectivity index (χ3n) is 1.79. The second-order valence-electron chi connectivity index (χ2n) is 2.58. The number of pyridine rings is 1. The molecule has 0 saturated carbocycles. The van der Waals surface area contributed by atoms with Gasteiger partial charge in [-0.3, -0.25) is 9.29 Å². The first-order chi connectivity index (χ1) is 6.08. The van der Waals surface area contributed by atoms with Crippen molar-refractivity contribution >= 4 is 15.7 Å². The van der Waals surface area contributed by atoms with Gasteiger partial charge in [0.05, 0.1) is 17.6 Å². The van der Waals surface area contributed by atoms with Gasteiger partial charge in [-0.25, -0.2) is 8.42 Å². The van der Waals surface area contributed by atoms with Gasteiger partial charge in [0.2, 0.25) is 10.0 Å². The Morgan fingerprint density at radius 3 is 2.69 bits per heavy atom. The molecule has 0 fully saturated rings. The fourth-order valence-electron chi connectivity index (χ4n) is 0.894. The fourth-order valence-corrected chi connectivity index (χ4v) is 1.71. The molecule has 0 N–H and O–H groups in total. The van der Waals surface area contributed by atoms with Crippen molar-refractivity contribution in [1.29, 1.82) is 0 Å². The standard InChI is InChI=1S/C8H12N2O2S/c1-3-13(11,12)10(2)8-5-4-6-9-7-8/h4-7H,3H2,1-2H3. The van der Waals surface area contributed by atoms with Crippen LogP contribution in [0, 0.1) is 0 Å². The van der Waals surface area contributed by atoms with E-state index < -0.39 is 10.0 Å². The molecule has 4 nitrogen and oxygen atoms in total. The second kappa shape index (κ2) is 3.74. The Kier molecular flexibility index (Phi) is 2.87. The molecular formula is C8H12N2O2S. The molecule has 0 bridgehead atoms. The molecule has 0 aliphatic rings. The predicted molar refractivity (Wildman–Crippen MR) is 52.1 cm³/mol. The van der Waals surface area contributed by atoms with Crippen molar-refractivity contribution in [3.63, 3.8) is 0 Å². The van der Waals surface area contributed by atoms with Gasteiger partial charge in [-0.05, 0) is 19.1 Å². The van der Waals surface area contributed by atoms with Gasteiger partial charge in [0.25, 0.3) is 0 Å². The summed E-state index contributed by atoms with van der Waals surface area (Å²) >= 11 is 0. The van der Waals surface area contributed by atoms with Crippen LogP contribution in [0.3, 0.4) is 0 Å². The molecule has 1 aromatic rings. The minimum atomic E-state index is -3.16. The molecule has 0 radical (unpaired) electrons. The van der Waals surface area contributed by atoms with Crippen LogP contribution in [0.25, 0.3) is 0 Å². The Morgan fingerprint density at radius 1 is 1.54 bits per heavy atom. The highest BCUT2D eigenvalue weighted by Crippen LogP contribution is 2.13. The minimum absolute atomic E-state index is 0.0956. The molecule has 1 rings (SSSR count). The number of hydrogen-bond acceptors (Lipinski definition) is 3. The third-order valence-corrected chi connectivity index (χ3v) is 3.57. The highest BCUT2D eigenvalue weighted by Gasteiger charge is 2.14. The number of rotatable bonds is 3. The molecule has 1 heterocycles. The Hall–Kier alpha value is -1.10. The first kappa shape index (κ1) is 9.98. The second-order valence-corrected chi connectivity index (χ2v) is 4.87. The third kappa shape index (κ3) is 2.18. The smallest absolute Gasteiger partial charge is 0.234 e. The van der Waals surface area contributed by atoms with Crippen LogP contribution in [0.4, 0.5) is 5.69 Å². The lowest BCUT2D eigenvalue weighted by atomic mass is 10.4. The molecule has 72 valence electrons. The van der Waals surface area contributed by atoms with E-state index in [-0.39, 0.29) is 5.75 Å². The summed E-state index contributed by atoms with van der Waals surface area (Å²) in [5, 5.41) is 0. The highest BCUT2D eigenvalue weighted by molar-refractivity contribution is 7.92. The lowest BCUT2D eigenvalue weighted by molar-refractivity contribution is 0.595. The van der Waals surface area contributed by atoms with Crippen LogP contribution in [0.2, 0.25) is 0 Å². The summed E-state index contributed by atoms with van der Waals surface area (Å²) in [5.41, 5.74) is 0.587. The average Bonchev–Trinajstić information content (AvgIpc) is 2.18. The van der Waals surface area contributed by atoms with Crippen molar-refractivity contribution in [3.8, 4) is 0 Å². The molecule has 5 heteroatoms. The lowest BCUT2D eigenvalue weighted by Crippen LogP contribution is -2.27. The van der Waals surface area contributed by atoms with Crippen LogP contribution < -0.4 is 4.31 Å². The molecule has 0 aromatic carbocycles. The van der Waals surface area contributed by atoms with Crippen LogP contribution in [-0.2, 0) is 10.0 Å². The molecular weight excluding hydrogens is 188 g/mol. The topological polar surface area (TPSA) is 50.3 Å². The number of aromatic nitrogens is 1. The van der Waals surface area contributed by atoms with E-state index in [0.29, 0.717) is 5.69 Å². The zero-order valence-corrected chi connectivity index (χ0v) is 8.45. The van der Waals surface area contributed by atoms with Gasteiger partial charge >= 0.3 is 0 Å². The van der Waals surface area contributed by atoms with Crippen molar-refractivity contribution in [2.45, 2.75) is 6.92 Å². The van der Waals surface area contributed by atoms with Crippen LogP contribution in [0.5, 0.6) is 0 Å². The van der Waals surface area contributed by atoms with Crippen LogP contribution in [0.1, 0.15) is 6.92 Å². The normalized spacial score (nSPS) is 11.2. The van der Waals surface area contributed by atoms with Crippen molar-refractivity contribution in [1.82, 2.24) is 4.98 Å². The summed E-state index contributed by atoms with van der Waals surface area (Å²) in [4.78, 5) is 3.85. The highest BCUT2D eigenvalue weighted by atomic mass is 32.2. The molecule has 0 spiro atoms.